The van der Waals surface area contributed by atoms with E-state index in [-0.39, 0.29) is 5.56 Å². The number of nitrogens with zero attached hydrogens (tertiary/aromatic N) is 4. The number of benzene rings is 2. The lowest BCUT2D eigenvalue weighted by Gasteiger charge is -2.10. The number of amides is 1. The fraction of sp³-hybridized carbons (Fsp3) is 0.333. The second kappa shape index (κ2) is 9.69. The third-order valence-corrected chi connectivity index (χ3v) is 5.90. The molecule has 2 N–H and O–H groups in total. The Bertz CT molecular complexity index is 1380. The maximum absolute atomic E-state index is 12.4. The van der Waals surface area contributed by atoms with Crippen molar-refractivity contribution in [2.75, 3.05) is 6.54 Å². The van der Waals surface area contributed by atoms with E-state index in [2.05, 4.69) is 29.1 Å². The number of H-pyrrole nitrogens is 1. The zero-order chi connectivity index (χ0) is 25.3. The fourth-order valence-electron chi connectivity index (χ4n) is 3.79. The summed E-state index contributed by atoms with van der Waals surface area (Å²) in [6, 6.07) is 8.67. The molecule has 2 aromatic carbocycles. The Hall–Kier alpha value is -3.40. The van der Waals surface area contributed by atoms with Crippen molar-refractivity contribution in [3.05, 3.63) is 64.1 Å². The van der Waals surface area contributed by atoms with Crippen molar-refractivity contribution in [3.63, 3.8) is 0 Å². The largest absolute Gasteiger partial charge is 0.405 e. The lowest BCUT2D eigenvalue weighted by Crippen LogP contribution is -2.34. The third-order valence-electron chi connectivity index (χ3n) is 5.45. The summed E-state index contributed by atoms with van der Waals surface area (Å²) in [5, 5.41) is 14.9. The van der Waals surface area contributed by atoms with Crippen molar-refractivity contribution in [1.29, 1.82) is 0 Å². The van der Waals surface area contributed by atoms with Gasteiger partial charge in [-0.3, -0.25) is 9.89 Å². The Morgan fingerprint density at radius 3 is 2.69 bits per heavy atom. The number of aromatic amines is 1. The monoisotopic (exact) mass is 504 g/mol. The minimum Gasteiger partial charge on any atom is -0.343 e. The Kier molecular flexibility index (Phi) is 6.84. The second-order valence-corrected chi connectivity index (χ2v) is 9.18. The van der Waals surface area contributed by atoms with Crippen LogP contribution >= 0.6 is 11.6 Å². The molecule has 0 saturated carbocycles. The molecule has 0 saturated heterocycles. The number of aryl methyl sites for hydroxylation is 1. The number of fused-ring (bicyclic) bond motifs is 1. The quantitative estimate of drug-likeness (QED) is 0.356. The molecule has 0 radical (unpaired) electrons. The minimum atomic E-state index is -4.47. The molecule has 0 aliphatic heterocycles. The Balaban J connectivity index is 1.63. The molecule has 2 aromatic heterocycles. The van der Waals surface area contributed by atoms with Gasteiger partial charge in [0, 0.05) is 29.5 Å². The number of hydrogen-bond acceptors (Lipinski definition) is 4. The van der Waals surface area contributed by atoms with Crippen molar-refractivity contribution in [1.82, 2.24) is 30.3 Å². The summed E-state index contributed by atoms with van der Waals surface area (Å²) in [6.07, 6.45) is -2.34. The second-order valence-electron chi connectivity index (χ2n) is 8.80. The fourth-order valence-corrected chi connectivity index (χ4v) is 4.07. The van der Waals surface area contributed by atoms with Gasteiger partial charge in [0.15, 0.2) is 5.82 Å². The molecule has 11 heteroatoms. The van der Waals surface area contributed by atoms with Crippen LogP contribution in [-0.4, -0.2) is 43.6 Å². The first-order valence-corrected chi connectivity index (χ1v) is 11.4. The minimum absolute atomic E-state index is 0.167. The van der Waals surface area contributed by atoms with E-state index in [0.717, 1.165) is 22.3 Å². The van der Waals surface area contributed by atoms with Crippen LogP contribution in [0.5, 0.6) is 0 Å². The van der Waals surface area contributed by atoms with Gasteiger partial charge in [0.25, 0.3) is 5.91 Å². The number of nitrogens with one attached hydrogen (secondary N) is 2. The van der Waals surface area contributed by atoms with E-state index in [1.165, 1.54) is 6.07 Å². The highest BCUT2D eigenvalue weighted by atomic mass is 35.5. The van der Waals surface area contributed by atoms with Gasteiger partial charge < -0.3 is 5.32 Å². The summed E-state index contributed by atoms with van der Waals surface area (Å²) < 4.78 is 39.2. The Morgan fingerprint density at radius 2 is 2.00 bits per heavy atom. The maximum atomic E-state index is 12.4. The van der Waals surface area contributed by atoms with Gasteiger partial charge in [-0.2, -0.15) is 23.4 Å². The first kappa shape index (κ1) is 24.7. The molecule has 4 rings (SSSR count). The molecule has 1 amide bonds. The third kappa shape index (κ3) is 5.64. The van der Waals surface area contributed by atoms with E-state index in [9.17, 15) is 18.0 Å². The predicted octanol–water partition coefficient (Wildman–Crippen LogP) is 5.32. The van der Waals surface area contributed by atoms with Crippen LogP contribution in [0, 0.1) is 12.8 Å². The standard InChI is InChI=1S/C24H24ClF3N6O/c1-13(2)11-34-20(9-15-5-7-19-18(21(15)25)10-30-32-19)31-22(33-34)16-4-6-17(14(3)8-16)23(35)29-12-24(26,27)28/h4-8,10,13H,9,11-12H2,1-3H3,(H,29,35)(H,30,32). The molecule has 7 nitrogen and oxygen atoms in total. The highest BCUT2D eigenvalue weighted by molar-refractivity contribution is 6.36. The molecule has 0 spiro atoms. The summed E-state index contributed by atoms with van der Waals surface area (Å²) >= 11 is 6.61. The van der Waals surface area contributed by atoms with Gasteiger partial charge in [0.05, 0.1) is 16.7 Å². The summed E-state index contributed by atoms with van der Waals surface area (Å²) in [5.74, 6) is 0.723. The van der Waals surface area contributed by atoms with E-state index in [1.54, 1.807) is 25.3 Å². The molecule has 35 heavy (non-hydrogen) atoms. The number of halogens is 4. The molecule has 0 unspecified atom stereocenters. The number of aromatic nitrogens is 5. The molecule has 4 aromatic rings. The van der Waals surface area contributed by atoms with Gasteiger partial charge in [-0.05, 0) is 42.2 Å². The SMILES string of the molecule is Cc1cc(-c2nc(Cc3ccc4[nH]ncc4c3Cl)n(CC(C)C)n2)ccc1C(=O)NCC(F)(F)F. The van der Waals surface area contributed by atoms with E-state index in [0.29, 0.717) is 40.9 Å². The van der Waals surface area contributed by atoms with E-state index in [4.69, 9.17) is 16.6 Å². The van der Waals surface area contributed by atoms with Crippen LogP contribution in [-0.2, 0) is 13.0 Å². The van der Waals surface area contributed by atoms with Crippen LogP contribution < -0.4 is 5.32 Å². The van der Waals surface area contributed by atoms with Gasteiger partial charge in [-0.1, -0.05) is 37.6 Å². The molecular weight excluding hydrogens is 481 g/mol. The van der Waals surface area contributed by atoms with Crippen LogP contribution in [0.2, 0.25) is 5.02 Å². The molecule has 184 valence electrons. The van der Waals surface area contributed by atoms with Gasteiger partial charge in [-0.25, -0.2) is 9.67 Å². The van der Waals surface area contributed by atoms with E-state index in [1.807, 2.05) is 22.1 Å². The number of carbonyl (C=O) groups is 1. The van der Waals surface area contributed by atoms with Gasteiger partial charge in [-0.15, -0.1) is 0 Å². The van der Waals surface area contributed by atoms with Gasteiger partial charge in [0.2, 0.25) is 0 Å². The number of carbonyl (C=O) groups excluding carboxylic acids is 1. The molecule has 0 fully saturated rings. The number of hydrogen-bond donors (Lipinski definition) is 2. The number of rotatable bonds is 7. The van der Waals surface area contributed by atoms with Crippen molar-refractivity contribution in [2.45, 2.75) is 39.9 Å². The first-order valence-electron chi connectivity index (χ1n) is 11.0. The molecule has 0 atom stereocenters. The zero-order valence-corrected chi connectivity index (χ0v) is 20.1. The van der Waals surface area contributed by atoms with Crippen molar-refractivity contribution in [2.24, 2.45) is 5.92 Å². The maximum Gasteiger partial charge on any atom is 0.405 e. The first-order chi connectivity index (χ1) is 16.5. The highest BCUT2D eigenvalue weighted by Crippen LogP contribution is 2.28. The van der Waals surface area contributed by atoms with Crippen LogP contribution in [0.3, 0.4) is 0 Å². The molecule has 0 aliphatic rings. The van der Waals surface area contributed by atoms with Gasteiger partial charge in [0.1, 0.15) is 12.4 Å². The van der Waals surface area contributed by atoms with Crippen LogP contribution in [0.4, 0.5) is 13.2 Å². The van der Waals surface area contributed by atoms with Crippen LogP contribution in [0.25, 0.3) is 22.3 Å². The van der Waals surface area contributed by atoms with Crippen molar-refractivity contribution >= 4 is 28.4 Å². The summed E-state index contributed by atoms with van der Waals surface area (Å²) in [7, 11) is 0. The van der Waals surface area contributed by atoms with Crippen molar-refractivity contribution in [3.8, 4) is 11.4 Å². The molecule has 0 bridgehead atoms. The molecule has 2 heterocycles. The van der Waals surface area contributed by atoms with Crippen LogP contribution in [0.1, 0.15) is 41.2 Å². The lowest BCUT2D eigenvalue weighted by molar-refractivity contribution is -0.123. The van der Waals surface area contributed by atoms with E-state index < -0.39 is 18.6 Å². The van der Waals surface area contributed by atoms with Crippen LogP contribution in [0.15, 0.2) is 36.5 Å². The average Bonchev–Trinajstić information content (AvgIpc) is 3.41. The lowest BCUT2D eigenvalue weighted by atomic mass is 10.0. The van der Waals surface area contributed by atoms with E-state index >= 15 is 0 Å². The highest BCUT2D eigenvalue weighted by Gasteiger charge is 2.28. The topological polar surface area (TPSA) is 88.5 Å². The summed E-state index contributed by atoms with van der Waals surface area (Å²) in [4.78, 5) is 16.9. The number of alkyl halides is 3. The smallest absolute Gasteiger partial charge is 0.343 e. The van der Waals surface area contributed by atoms with Gasteiger partial charge >= 0.3 is 6.18 Å². The Morgan fingerprint density at radius 1 is 1.23 bits per heavy atom. The zero-order valence-electron chi connectivity index (χ0n) is 19.4. The normalized spacial score (nSPS) is 12.0. The average molecular weight is 505 g/mol. The Labute approximate surface area is 204 Å². The van der Waals surface area contributed by atoms with Crippen molar-refractivity contribution < 1.29 is 18.0 Å². The predicted molar refractivity (Wildman–Crippen MR) is 127 cm³/mol. The molecule has 0 aliphatic carbocycles. The summed E-state index contributed by atoms with van der Waals surface area (Å²) in [5.41, 5.74) is 3.09. The molecular formula is C24H24ClF3N6O. The summed E-state index contributed by atoms with van der Waals surface area (Å²) in [6.45, 7) is 5.08.